The molecular weight excluding hydrogens is 794 g/mol. The van der Waals surface area contributed by atoms with Crippen molar-refractivity contribution in [3.05, 3.63) is 70.2 Å². The van der Waals surface area contributed by atoms with Crippen molar-refractivity contribution < 1.29 is 55.6 Å². The average Bonchev–Trinajstić information content (AvgIpc) is 3.66. The van der Waals surface area contributed by atoms with Gasteiger partial charge in [0.1, 0.15) is 11.6 Å². The maximum absolute atomic E-state index is 13.2. The van der Waals surface area contributed by atoms with E-state index in [9.17, 15) is 22.8 Å². The number of carbonyl (C=O) groups excluding carboxylic acids is 2. The van der Waals surface area contributed by atoms with Gasteiger partial charge in [0.15, 0.2) is 29.7 Å². The summed E-state index contributed by atoms with van der Waals surface area (Å²) in [5, 5.41) is -0.00716. The Morgan fingerprint density at radius 3 is 2.07 bits per heavy atom. The third kappa shape index (κ3) is 11.1. The maximum Gasteiger partial charge on any atom is 0.471 e. The highest BCUT2D eigenvalue weighted by molar-refractivity contribution is 6.37. The fraction of sp³-hybridized carbons (Fsp3) is 0.475. The lowest BCUT2D eigenvalue weighted by molar-refractivity contribution is -0.188. The van der Waals surface area contributed by atoms with Crippen molar-refractivity contribution in [2.24, 2.45) is 0 Å². The van der Waals surface area contributed by atoms with Crippen molar-refractivity contribution in [3.8, 4) is 23.0 Å². The minimum Gasteiger partial charge on any atom is -0.467 e. The molecule has 6 rings (SSSR count). The SMILES string of the molecule is COC(=O)[C@H](Cc1cc(Cl)c(Oc2cccc3nc(-c4ccc(N(CCOC5CCCCO5)CCOC5CCCCO5)cc4)oc23)c(Cl)c1)N(C)C(=O)C(F)(F)F. The number of anilines is 1. The number of para-hydroxylation sites is 1. The second-order valence-electron chi connectivity index (χ2n) is 13.6. The van der Waals surface area contributed by atoms with E-state index in [1.807, 2.05) is 24.3 Å². The van der Waals surface area contributed by atoms with E-state index in [1.165, 1.54) is 12.1 Å². The van der Waals surface area contributed by atoms with Crippen molar-refractivity contribution in [2.75, 3.05) is 58.6 Å². The quantitative estimate of drug-likeness (QED) is 0.101. The first-order chi connectivity index (χ1) is 27.4. The van der Waals surface area contributed by atoms with Crippen LogP contribution in [0.2, 0.25) is 10.0 Å². The number of methoxy groups -OCH3 is 1. The number of benzene rings is 3. The first-order valence-corrected chi connectivity index (χ1v) is 19.5. The summed E-state index contributed by atoms with van der Waals surface area (Å²) in [5.41, 5.74) is 2.75. The third-order valence-corrected chi connectivity index (χ3v) is 10.2. The summed E-state index contributed by atoms with van der Waals surface area (Å²) in [6.07, 6.45) is 0.125. The van der Waals surface area contributed by atoms with Crippen LogP contribution in [0.3, 0.4) is 0 Å². The highest BCUT2D eigenvalue weighted by Gasteiger charge is 2.45. The Hall–Kier alpha value is -4.12. The highest BCUT2D eigenvalue weighted by atomic mass is 35.5. The molecule has 12 nitrogen and oxygen atoms in total. The first kappa shape index (κ1) is 42.5. The number of hydrogen-bond donors (Lipinski definition) is 0. The monoisotopic (exact) mass is 837 g/mol. The zero-order valence-electron chi connectivity index (χ0n) is 31.5. The van der Waals surface area contributed by atoms with Gasteiger partial charge in [-0.05, 0) is 92.6 Å². The van der Waals surface area contributed by atoms with Gasteiger partial charge in [0.2, 0.25) is 5.89 Å². The number of carbonyl (C=O) groups is 2. The van der Waals surface area contributed by atoms with Crippen molar-refractivity contribution >= 4 is 51.9 Å². The molecule has 4 aromatic rings. The summed E-state index contributed by atoms with van der Waals surface area (Å²) in [6.45, 7) is 3.67. The van der Waals surface area contributed by atoms with E-state index in [0.717, 1.165) is 58.4 Å². The van der Waals surface area contributed by atoms with E-state index < -0.39 is 24.1 Å². The molecule has 2 saturated heterocycles. The zero-order chi connectivity index (χ0) is 40.5. The number of hydrogen-bond acceptors (Lipinski definition) is 11. The molecule has 3 aromatic carbocycles. The molecule has 57 heavy (non-hydrogen) atoms. The summed E-state index contributed by atoms with van der Waals surface area (Å²) in [7, 11) is 1.87. The van der Waals surface area contributed by atoms with Gasteiger partial charge in [0.05, 0.1) is 30.4 Å². The first-order valence-electron chi connectivity index (χ1n) is 18.7. The number of oxazole rings is 1. The van der Waals surface area contributed by atoms with Gasteiger partial charge in [-0.3, -0.25) is 4.79 Å². The molecule has 0 radical (unpaired) electrons. The van der Waals surface area contributed by atoms with Gasteiger partial charge in [0.25, 0.3) is 0 Å². The van der Waals surface area contributed by atoms with Crippen molar-refractivity contribution in [1.29, 1.82) is 0 Å². The highest BCUT2D eigenvalue weighted by Crippen LogP contribution is 2.41. The number of amides is 1. The van der Waals surface area contributed by atoms with Crippen LogP contribution in [0.4, 0.5) is 18.9 Å². The van der Waals surface area contributed by atoms with Gasteiger partial charge in [-0.25, -0.2) is 9.78 Å². The Balaban J connectivity index is 1.16. The summed E-state index contributed by atoms with van der Waals surface area (Å²) in [6, 6.07) is 14.1. The summed E-state index contributed by atoms with van der Waals surface area (Å²) < 4.78 is 80.0. The van der Waals surface area contributed by atoms with Crippen LogP contribution >= 0.6 is 23.2 Å². The smallest absolute Gasteiger partial charge is 0.467 e. The molecule has 308 valence electrons. The molecule has 2 aliphatic heterocycles. The average molecular weight is 839 g/mol. The number of halogens is 5. The Bertz CT molecular complexity index is 1920. The van der Waals surface area contributed by atoms with E-state index in [-0.39, 0.29) is 51.0 Å². The summed E-state index contributed by atoms with van der Waals surface area (Å²) >= 11 is 13.1. The van der Waals surface area contributed by atoms with Crippen LogP contribution in [-0.4, -0.2) is 100 Å². The number of likely N-dealkylation sites (N-methyl/N-ethyl adjacent to an activating group) is 1. The number of fused-ring (bicyclic) bond motifs is 1. The number of rotatable bonds is 16. The summed E-state index contributed by atoms with van der Waals surface area (Å²) in [5.74, 6) is -2.63. The van der Waals surface area contributed by atoms with Crippen LogP contribution in [0, 0.1) is 0 Å². The minimum atomic E-state index is -5.19. The van der Waals surface area contributed by atoms with E-state index in [2.05, 4.69) is 14.6 Å². The topological polar surface area (TPSA) is 122 Å². The molecule has 3 atom stereocenters. The Kier molecular flexibility index (Phi) is 14.6. The van der Waals surface area contributed by atoms with Crippen LogP contribution in [-0.2, 0) is 39.7 Å². The van der Waals surface area contributed by atoms with Crippen LogP contribution in [0.5, 0.6) is 11.5 Å². The van der Waals surface area contributed by atoms with Crippen LogP contribution < -0.4 is 9.64 Å². The maximum atomic E-state index is 13.2. The predicted octanol–water partition coefficient (Wildman–Crippen LogP) is 8.59. The number of esters is 1. The molecule has 0 bridgehead atoms. The Morgan fingerprint density at radius 2 is 1.53 bits per heavy atom. The molecule has 1 amide bonds. The van der Waals surface area contributed by atoms with Crippen LogP contribution in [0.15, 0.2) is 59.0 Å². The van der Waals surface area contributed by atoms with Crippen molar-refractivity contribution in [1.82, 2.24) is 9.88 Å². The fourth-order valence-corrected chi connectivity index (χ4v) is 7.21. The van der Waals surface area contributed by atoms with Gasteiger partial charge in [0, 0.05) is 51.0 Å². The molecule has 1 aromatic heterocycles. The molecule has 0 N–H and O–H groups in total. The van der Waals surface area contributed by atoms with Gasteiger partial charge >= 0.3 is 18.1 Å². The lowest BCUT2D eigenvalue weighted by Gasteiger charge is -2.29. The van der Waals surface area contributed by atoms with Gasteiger partial charge in [-0.15, -0.1) is 0 Å². The number of ether oxygens (including phenoxy) is 6. The summed E-state index contributed by atoms with van der Waals surface area (Å²) in [4.78, 5) is 31.5. The normalized spacial score (nSPS) is 17.9. The second kappa shape index (κ2) is 19.6. The Labute approximate surface area is 338 Å². The van der Waals surface area contributed by atoms with E-state index in [0.29, 0.717) is 62.1 Å². The number of aromatic nitrogens is 1. The molecule has 17 heteroatoms. The Morgan fingerprint density at radius 1 is 0.912 bits per heavy atom. The molecular formula is C40H44Cl2F3N3O9. The van der Waals surface area contributed by atoms with Gasteiger partial charge in [-0.1, -0.05) is 29.3 Å². The standard InChI is InChI=1S/C40H44Cl2F3N3O9/c1-47(39(50)40(43,44)45)31(38(49)51-2)24-25-22-28(41)35(29(42)23-25)56-32-9-7-8-30-36(32)57-37(46-30)26-12-14-27(15-13-26)48(16-20-54-33-10-3-5-18-52-33)17-21-55-34-11-4-6-19-53-34/h7-9,12-15,22-23,31,33-34H,3-6,10-11,16-21,24H2,1-2H3/t31-,33?,34?/m0/s1. The molecule has 3 heterocycles. The minimum absolute atomic E-state index is 0.00358. The van der Waals surface area contributed by atoms with Crippen LogP contribution in [0.1, 0.15) is 44.1 Å². The second-order valence-corrected chi connectivity index (χ2v) is 14.5. The molecule has 2 fully saturated rings. The number of nitrogens with zero attached hydrogens (tertiary/aromatic N) is 3. The molecule has 0 aliphatic carbocycles. The van der Waals surface area contributed by atoms with Crippen molar-refractivity contribution in [3.63, 3.8) is 0 Å². The van der Waals surface area contributed by atoms with Gasteiger partial charge < -0.3 is 42.6 Å². The molecule has 0 saturated carbocycles. The van der Waals surface area contributed by atoms with Gasteiger partial charge in [-0.2, -0.15) is 13.2 Å². The zero-order valence-corrected chi connectivity index (χ0v) is 33.0. The largest absolute Gasteiger partial charge is 0.471 e. The van der Waals surface area contributed by atoms with E-state index in [1.54, 1.807) is 18.2 Å². The van der Waals surface area contributed by atoms with E-state index in [4.69, 9.17) is 51.3 Å². The van der Waals surface area contributed by atoms with E-state index >= 15 is 0 Å². The van der Waals surface area contributed by atoms with Crippen molar-refractivity contribution in [2.45, 2.75) is 69.7 Å². The molecule has 2 aliphatic rings. The molecule has 0 spiro atoms. The lowest BCUT2D eigenvalue weighted by Crippen LogP contribution is -2.49. The third-order valence-electron chi connectivity index (χ3n) is 9.67. The fourth-order valence-electron chi connectivity index (χ4n) is 6.60. The molecule has 2 unspecified atom stereocenters. The van der Waals surface area contributed by atoms with Crippen LogP contribution in [0.25, 0.3) is 22.6 Å². The lowest BCUT2D eigenvalue weighted by atomic mass is 10.0. The number of alkyl halides is 3. The predicted molar refractivity (Wildman–Crippen MR) is 206 cm³/mol.